The average molecular weight is 213 g/mol. The smallest absolute Gasteiger partial charge is 0.0594 e. The molecule has 0 spiro atoms. The van der Waals surface area contributed by atoms with Gasteiger partial charge in [-0.2, -0.15) is 0 Å². The maximum atomic E-state index is 5.86. The molecule has 0 aliphatic heterocycles. The van der Waals surface area contributed by atoms with Gasteiger partial charge in [0, 0.05) is 25.7 Å². The van der Waals surface area contributed by atoms with E-state index in [9.17, 15) is 0 Å². The topological polar surface area (TPSA) is 16.1 Å². The summed E-state index contributed by atoms with van der Waals surface area (Å²) in [5.41, 5.74) is 2.28. The Bertz CT molecular complexity index is 286. The Labute approximate surface area is 90.9 Å². The molecule has 1 heterocycles. The van der Waals surface area contributed by atoms with E-state index in [4.69, 9.17) is 11.6 Å². The standard InChI is InChI=1S/C11H17ClN2/c1-9(2)8-14(3)11-7-13-5-4-10(11)6-12/h4-5,7,9H,6,8H2,1-3H3. The van der Waals surface area contributed by atoms with Crippen LogP contribution in [0.4, 0.5) is 5.69 Å². The number of pyridine rings is 1. The zero-order valence-electron chi connectivity index (χ0n) is 9.00. The van der Waals surface area contributed by atoms with Crippen molar-refractivity contribution in [3.05, 3.63) is 24.0 Å². The van der Waals surface area contributed by atoms with Gasteiger partial charge >= 0.3 is 0 Å². The SMILES string of the molecule is CC(C)CN(C)c1cnccc1CCl. The largest absolute Gasteiger partial charge is 0.373 e. The second kappa shape index (κ2) is 5.20. The summed E-state index contributed by atoms with van der Waals surface area (Å²) in [6, 6.07) is 1.97. The van der Waals surface area contributed by atoms with Crippen molar-refractivity contribution in [1.82, 2.24) is 4.98 Å². The Morgan fingerprint density at radius 1 is 1.50 bits per heavy atom. The highest BCUT2D eigenvalue weighted by Crippen LogP contribution is 2.20. The van der Waals surface area contributed by atoms with Crippen LogP contribution in [0.3, 0.4) is 0 Å². The van der Waals surface area contributed by atoms with E-state index in [2.05, 4.69) is 30.8 Å². The fourth-order valence-electron chi connectivity index (χ4n) is 1.52. The van der Waals surface area contributed by atoms with E-state index in [-0.39, 0.29) is 0 Å². The molecule has 0 aliphatic rings. The quantitative estimate of drug-likeness (QED) is 0.714. The van der Waals surface area contributed by atoms with Gasteiger partial charge in [-0.3, -0.25) is 4.98 Å². The molecule has 0 bridgehead atoms. The molecule has 1 aromatic heterocycles. The van der Waals surface area contributed by atoms with Crippen molar-refractivity contribution in [2.75, 3.05) is 18.5 Å². The van der Waals surface area contributed by atoms with E-state index in [1.165, 1.54) is 0 Å². The minimum Gasteiger partial charge on any atom is -0.373 e. The molecule has 0 radical (unpaired) electrons. The molecule has 14 heavy (non-hydrogen) atoms. The number of nitrogens with zero attached hydrogens (tertiary/aromatic N) is 2. The number of hydrogen-bond acceptors (Lipinski definition) is 2. The first-order chi connectivity index (χ1) is 6.65. The molecule has 0 fully saturated rings. The van der Waals surface area contributed by atoms with Crippen LogP contribution >= 0.6 is 11.6 Å². The molecule has 0 aliphatic carbocycles. The monoisotopic (exact) mass is 212 g/mol. The third kappa shape index (κ3) is 2.88. The highest BCUT2D eigenvalue weighted by molar-refractivity contribution is 6.17. The van der Waals surface area contributed by atoms with E-state index in [0.717, 1.165) is 17.8 Å². The first-order valence-corrected chi connectivity index (χ1v) is 5.38. The maximum Gasteiger partial charge on any atom is 0.0594 e. The van der Waals surface area contributed by atoms with Crippen molar-refractivity contribution < 1.29 is 0 Å². The normalized spacial score (nSPS) is 10.6. The van der Waals surface area contributed by atoms with Crippen molar-refractivity contribution in [2.45, 2.75) is 19.7 Å². The number of anilines is 1. The highest BCUT2D eigenvalue weighted by atomic mass is 35.5. The molecule has 0 amide bonds. The summed E-state index contributed by atoms with van der Waals surface area (Å²) in [4.78, 5) is 6.33. The average Bonchev–Trinajstić information content (AvgIpc) is 2.16. The lowest BCUT2D eigenvalue weighted by Crippen LogP contribution is -2.23. The molecular weight excluding hydrogens is 196 g/mol. The van der Waals surface area contributed by atoms with Crippen LogP contribution < -0.4 is 4.90 Å². The lowest BCUT2D eigenvalue weighted by Gasteiger charge is -2.23. The van der Waals surface area contributed by atoms with Gasteiger partial charge in [0.15, 0.2) is 0 Å². The third-order valence-corrected chi connectivity index (χ3v) is 2.37. The Balaban J connectivity index is 2.82. The fourth-order valence-corrected chi connectivity index (χ4v) is 1.74. The van der Waals surface area contributed by atoms with Crippen LogP contribution in [0, 0.1) is 5.92 Å². The first kappa shape index (κ1) is 11.3. The van der Waals surface area contributed by atoms with Gasteiger partial charge in [-0.25, -0.2) is 0 Å². The summed E-state index contributed by atoms with van der Waals surface area (Å²) in [6.45, 7) is 5.43. The first-order valence-electron chi connectivity index (χ1n) is 4.85. The van der Waals surface area contributed by atoms with Gasteiger partial charge in [0.2, 0.25) is 0 Å². The second-order valence-corrected chi connectivity index (χ2v) is 4.18. The van der Waals surface area contributed by atoms with Gasteiger partial charge in [0.1, 0.15) is 0 Å². The molecule has 2 nitrogen and oxygen atoms in total. The zero-order valence-corrected chi connectivity index (χ0v) is 9.75. The van der Waals surface area contributed by atoms with E-state index in [0.29, 0.717) is 11.8 Å². The minimum atomic E-state index is 0.542. The molecule has 0 unspecified atom stereocenters. The second-order valence-electron chi connectivity index (χ2n) is 3.91. The predicted molar refractivity (Wildman–Crippen MR) is 61.9 cm³/mol. The van der Waals surface area contributed by atoms with Crippen LogP contribution in [0.25, 0.3) is 0 Å². The zero-order chi connectivity index (χ0) is 10.6. The van der Waals surface area contributed by atoms with Crippen molar-refractivity contribution >= 4 is 17.3 Å². The summed E-state index contributed by atoms with van der Waals surface area (Å²) < 4.78 is 0. The van der Waals surface area contributed by atoms with Gasteiger partial charge in [-0.1, -0.05) is 13.8 Å². The Hall–Kier alpha value is -0.760. The summed E-state index contributed by atoms with van der Waals surface area (Å²) in [6.07, 6.45) is 3.66. The molecular formula is C11H17ClN2. The van der Waals surface area contributed by atoms with Gasteiger partial charge in [-0.15, -0.1) is 11.6 Å². The lowest BCUT2D eigenvalue weighted by molar-refractivity contribution is 0.637. The molecule has 3 heteroatoms. The number of aromatic nitrogens is 1. The maximum absolute atomic E-state index is 5.86. The van der Waals surface area contributed by atoms with E-state index in [1.807, 2.05) is 12.3 Å². The van der Waals surface area contributed by atoms with Crippen molar-refractivity contribution in [1.29, 1.82) is 0 Å². The van der Waals surface area contributed by atoms with Gasteiger partial charge < -0.3 is 4.90 Å². The molecule has 1 rings (SSSR count). The Morgan fingerprint density at radius 2 is 2.21 bits per heavy atom. The van der Waals surface area contributed by atoms with E-state index >= 15 is 0 Å². The highest BCUT2D eigenvalue weighted by Gasteiger charge is 2.07. The molecule has 78 valence electrons. The van der Waals surface area contributed by atoms with Crippen LogP contribution in [0.5, 0.6) is 0 Å². The van der Waals surface area contributed by atoms with Crippen LogP contribution in [0.1, 0.15) is 19.4 Å². The van der Waals surface area contributed by atoms with Crippen LogP contribution in [-0.2, 0) is 5.88 Å². The summed E-state index contributed by atoms with van der Waals surface area (Å²) >= 11 is 5.86. The lowest BCUT2D eigenvalue weighted by atomic mass is 10.2. The van der Waals surface area contributed by atoms with Crippen LogP contribution in [0.2, 0.25) is 0 Å². The van der Waals surface area contributed by atoms with E-state index in [1.54, 1.807) is 6.20 Å². The van der Waals surface area contributed by atoms with Gasteiger partial charge in [0.05, 0.1) is 11.9 Å². The number of hydrogen-bond donors (Lipinski definition) is 0. The third-order valence-electron chi connectivity index (χ3n) is 2.08. The van der Waals surface area contributed by atoms with Crippen molar-refractivity contribution in [2.24, 2.45) is 5.92 Å². The molecule has 0 aromatic carbocycles. The molecule has 1 aromatic rings. The molecule has 0 N–H and O–H groups in total. The Morgan fingerprint density at radius 3 is 2.79 bits per heavy atom. The molecule has 0 saturated heterocycles. The van der Waals surface area contributed by atoms with Crippen LogP contribution in [0.15, 0.2) is 18.5 Å². The van der Waals surface area contributed by atoms with E-state index < -0.39 is 0 Å². The van der Waals surface area contributed by atoms with Crippen molar-refractivity contribution in [3.8, 4) is 0 Å². The summed E-state index contributed by atoms with van der Waals surface area (Å²) in [5.74, 6) is 1.18. The van der Waals surface area contributed by atoms with Gasteiger partial charge in [0.25, 0.3) is 0 Å². The minimum absolute atomic E-state index is 0.542. The Kier molecular flexibility index (Phi) is 4.21. The fraction of sp³-hybridized carbons (Fsp3) is 0.545. The molecule has 0 atom stereocenters. The predicted octanol–water partition coefficient (Wildman–Crippen LogP) is 2.91. The number of rotatable bonds is 4. The van der Waals surface area contributed by atoms with Crippen molar-refractivity contribution in [3.63, 3.8) is 0 Å². The van der Waals surface area contributed by atoms with Gasteiger partial charge in [-0.05, 0) is 17.5 Å². The molecule has 0 saturated carbocycles. The van der Waals surface area contributed by atoms with Crippen LogP contribution in [-0.4, -0.2) is 18.6 Å². The summed E-state index contributed by atoms with van der Waals surface area (Å²) in [5, 5.41) is 0. The number of alkyl halides is 1. The summed E-state index contributed by atoms with van der Waals surface area (Å²) in [7, 11) is 2.08. The number of halogens is 1.